The van der Waals surface area contributed by atoms with E-state index >= 15 is 0 Å². The molecule has 108 valence electrons. The van der Waals surface area contributed by atoms with E-state index < -0.39 is 0 Å². The van der Waals surface area contributed by atoms with Gasteiger partial charge in [-0.1, -0.05) is 11.6 Å². The molecule has 0 atom stereocenters. The van der Waals surface area contributed by atoms with Crippen molar-refractivity contribution >= 4 is 17.4 Å². The minimum atomic E-state index is 0.286. The zero-order valence-corrected chi connectivity index (χ0v) is 13.0. The van der Waals surface area contributed by atoms with Gasteiger partial charge in [0, 0.05) is 5.54 Å². The van der Waals surface area contributed by atoms with E-state index in [9.17, 15) is 0 Å². The maximum absolute atomic E-state index is 6.06. The summed E-state index contributed by atoms with van der Waals surface area (Å²) in [6.07, 6.45) is 8.35. The predicted molar refractivity (Wildman–Crippen MR) is 81.0 cm³/mol. The first kappa shape index (κ1) is 12.9. The van der Waals surface area contributed by atoms with Crippen molar-refractivity contribution in [1.82, 2.24) is 10.2 Å². The number of hydrogen-bond acceptors (Lipinski definition) is 3. The largest absolute Gasteiger partial charge is 0.363 e. The molecule has 4 heteroatoms. The average Bonchev–Trinajstić information content (AvgIpc) is 2.38. The number of nitrogens with one attached hydrogen (secondary N) is 1. The van der Waals surface area contributed by atoms with Crippen molar-refractivity contribution in [3.05, 3.63) is 16.3 Å². The Balaban J connectivity index is 1.64. The first-order valence-electron chi connectivity index (χ1n) is 7.82. The molecule has 1 N–H and O–H groups in total. The number of aromatic nitrogens is 2. The molecule has 1 aromatic heterocycles. The van der Waals surface area contributed by atoms with E-state index in [-0.39, 0.29) is 5.54 Å². The number of halogens is 1. The Labute approximate surface area is 125 Å². The second-order valence-corrected chi connectivity index (χ2v) is 7.77. The van der Waals surface area contributed by atoms with Gasteiger partial charge in [-0.05, 0) is 81.3 Å². The molecule has 1 aromatic rings. The van der Waals surface area contributed by atoms with Crippen LogP contribution in [0.1, 0.15) is 49.7 Å². The van der Waals surface area contributed by atoms with Crippen LogP contribution in [0.2, 0.25) is 5.15 Å². The fourth-order valence-electron chi connectivity index (χ4n) is 5.21. The fourth-order valence-corrected chi connectivity index (χ4v) is 5.39. The van der Waals surface area contributed by atoms with Crippen LogP contribution in [0.4, 0.5) is 5.82 Å². The van der Waals surface area contributed by atoms with E-state index in [1.807, 2.05) is 6.92 Å². The van der Waals surface area contributed by atoms with Crippen molar-refractivity contribution < 1.29 is 0 Å². The summed E-state index contributed by atoms with van der Waals surface area (Å²) in [6, 6.07) is 0. The molecule has 0 amide bonds. The molecule has 0 saturated heterocycles. The standard InChI is InChI=1S/C16H22ClN3/c1-9-10(2)15(20-19-14(9)17)18-16-6-11-3-12(7-16)5-13(4-11)8-16/h11-13H,3-8H2,1-2H3,(H,18,20). The third-order valence-corrected chi connectivity index (χ3v) is 6.25. The maximum atomic E-state index is 6.06. The third-order valence-electron chi connectivity index (χ3n) is 5.89. The predicted octanol–water partition coefficient (Wildman–Crippen LogP) is 4.13. The summed E-state index contributed by atoms with van der Waals surface area (Å²) >= 11 is 6.06. The third kappa shape index (κ3) is 1.93. The maximum Gasteiger partial charge on any atom is 0.155 e. The van der Waals surface area contributed by atoms with Crippen LogP contribution in [0.5, 0.6) is 0 Å². The van der Waals surface area contributed by atoms with Gasteiger partial charge in [-0.3, -0.25) is 0 Å². The molecule has 20 heavy (non-hydrogen) atoms. The van der Waals surface area contributed by atoms with Crippen LogP contribution in [0.15, 0.2) is 0 Å². The average molecular weight is 292 g/mol. The molecular weight excluding hydrogens is 270 g/mol. The molecule has 4 saturated carbocycles. The van der Waals surface area contributed by atoms with Gasteiger partial charge in [0.2, 0.25) is 0 Å². The van der Waals surface area contributed by atoms with E-state index in [4.69, 9.17) is 11.6 Å². The van der Waals surface area contributed by atoms with Gasteiger partial charge in [-0.25, -0.2) is 0 Å². The summed E-state index contributed by atoms with van der Waals surface area (Å²) in [6.45, 7) is 4.12. The Bertz CT molecular complexity index is 520. The first-order chi connectivity index (χ1) is 9.55. The van der Waals surface area contributed by atoms with Crippen molar-refractivity contribution in [3.63, 3.8) is 0 Å². The monoisotopic (exact) mass is 291 g/mol. The number of anilines is 1. The minimum Gasteiger partial charge on any atom is -0.363 e. The van der Waals surface area contributed by atoms with Gasteiger partial charge in [-0.15, -0.1) is 10.2 Å². The quantitative estimate of drug-likeness (QED) is 0.890. The van der Waals surface area contributed by atoms with Crippen LogP contribution < -0.4 is 5.32 Å². The molecule has 0 radical (unpaired) electrons. The lowest BCUT2D eigenvalue weighted by atomic mass is 9.53. The number of nitrogens with zero attached hydrogens (tertiary/aromatic N) is 2. The summed E-state index contributed by atoms with van der Waals surface area (Å²) in [5.74, 6) is 3.77. The topological polar surface area (TPSA) is 37.8 Å². The Morgan fingerprint density at radius 2 is 1.50 bits per heavy atom. The first-order valence-corrected chi connectivity index (χ1v) is 8.20. The molecular formula is C16H22ClN3. The van der Waals surface area contributed by atoms with E-state index in [1.165, 1.54) is 38.5 Å². The van der Waals surface area contributed by atoms with E-state index in [0.717, 1.165) is 34.7 Å². The molecule has 5 rings (SSSR count). The van der Waals surface area contributed by atoms with E-state index in [0.29, 0.717) is 5.15 Å². The zero-order chi connectivity index (χ0) is 13.9. The summed E-state index contributed by atoms with van der Waals surface area (Å²) in [5, 5.41) is 12.7. The van der Waals surface area contributed by atoms with Crippen LogP contribution in [-0.4, -0.2) is 15.7 Å². The molecule has 4 bridgehead atoms. The molecule has 0 spiro atoms. The molecule has 4 aliphatic rings. The molecule has 1 heterocycles. The lowest BCUT2D eigenvalue weighted by molar-refractivity contribution is 0.0105. The van der Waals surface area contributed by atoms with Crippen molar-refractivity contribution in [2.75, 3.05) is 5.32 Å². The molecule has 4 aliphatic carbocycles. The van der Waals surface area contributed by atoms with E-state index in [2.05, 4.69) is 22.4 Å². The highest BCUT2D eigenvalue weighted by molar-refractivity contribution is 6.30. The smallest absolute Gasteiger partial charge is 0.155 e. The minimum absolute atomic E-state index is 0.286. The van der Waals surface area contributed by atoms with Gasteiger partial charge >= 0.3 is 0 Å². The van der Waals surface area contributed by atoms with Crippen molar-refractivity contribution in [2.24, 2.45) is 17.8 Å². The van der Waals surface area contributed by atoms with Gasteiger partial charge in [0.1, 0.15) is 0 Å². The van der Waals surface area contributed by atoms with Crippen LogP contribution in [0.3, 0.4) is 0 Å². The van der Waals surface area contributed by atoms with Gasteiger partial charge in [0.05, 0.1) is 0 Å². The van der Waals surface area contributed by atoms with Gasteiger partial charge in [-0.2, -0.15) is 0 Å². The zero-order valence-electron chi connectivity index (χ0n) is 12.2. The summed E-state index contributed by atoms with van der Waals surface area (Å²) in [4.78, 5) is 0. The number of rotatable bonds is 2. The van der Waals surface area contributed by atoms with Crippen LogP contribution in [-0.2, 0) is 0 Å². The van der Waals surface area contributed by atoms with Gasteiger partial charge in [0.25, 0.3) is 0 Å². The van der Waals surface area contributed by atoms with Gasteiger partial charge < -0.3 is 5.32 Å². The molecule has 3 nitrogen and oxygen atoms in total. The highest BCUT2D eigenvalue weighted by Crippen LogP contribution is 2.56. The van der Waals surface area contributed by atoms with Crippen molar-refractivity contribution in [3.8, 4) is 0 Å². The summed E-state index contributed by atoms with van der Waals surface area (Å²) in [7, 11) is 0. The molecule has 0 aromatic carbocycles. The Hall–Kier alpha value is -0.830. The Kier molecular flexibility index (Phi) is 2.79. The van der Waals surface area contributed by atoms with Crippen LogP contribution >= 0.6 is 11.6 Å². The Morgan fingerprint density at radius 1 is 0.950 bits per heavy atom. The fraction of sp³-hybridized carbons (Fsp3) is 0.750. The molecule has 0 unspecified atom stereocenters. The normalized spacial score (nSPS) is 38.2. The second-order valence-electron chi connectivity index (χ2n) is 7.41. The van der Waals surface area contributed by atoms with Crippen LogP contribution in [0.25, 0.3) is 0 Å². The van der Waals surface area contributed by atoms with Gasteiger partial charge in [0.15, 0.2) is 11.0 Å². The highest BCUT2D eigenvalue weighted by Gasteiger charge is 2.51. The lowest BCUT2D eigenvalue weighted by Gasteiger charge is -2.57. The molecule has 0 aliphatic heterocycles. The lowest BCUT2D eigenvalue weighted by Crippen LogP contribution is -2.55. The summed E-state index contributed by atoms with van der Waals surface area (Å²) in [5.41, 5.74) is 2.49. The highest BCUT2D eigenvalue weighted by atomic mass is 35.5. The van der Waals surface area contributed by atoms with Crippen LogP contribution in [0, 0.1) is 31.6 Å². The second kappa shape index (κ2) is 4.33. The molecule has 4 fully saturated rings. The van der Waals surface area contributed by atoms with E-state index in [1.54, 1.807) is 0 Å². The number of hydrogen-bond donors (Lipinski definition) is 1. The SMILES string of the molecule is Cc1c(Cl)nnc(NC23CC4CC(CC(C4)C2)C3)c1C. The van der Waals surface area contributed by atoms with Crippen molar-refractivity contribution in [2.45, 2.75) is 57.9 Å². The Morgan fingerprint density at radius 3 is 2.05 bits per heavy atom. The summed E-state index contributed by atoms with van der Waals surface area (Å²) < 4.78 is 0. The van der Waals surface area contributed by atoms with Crippen molar-refractivity contribution in [1.29, 1.82) is 0 Å².